The second-order valence-electron chi connectivity index (χ2n) is 4.06. The quantitative estimate of drug-likeness (QED) is 0.732. The molecule has 2 heterocycles. The first kappa shape index (κ1) is 11.4. The molecule has 15 heavy (non-hydrogen) atoms. The van der Waals surface area contributed by atoms with E-state index in [1.54, 1.807) is 0 Å². The van der Waals surface area contributed by atoms with Gasteiger partial charge in [0.05, 0.1) is 0 Å². The van der Waals surface area contributed by atoms with E-state index in [1.807, 2.05) is 12.3 Å². The zero-order valence-corrected chi connectivity index (χ0v) is 11.8. The van der Waals surface area contributed by atoms with Crippen LogP contribution in [-0.4, -0.2) is 22.9 Å². The molecule has 1 fully saturated rings. The molecule has 1 saturated heterocycles. The normalized spacial score (nSPS) is 26.7. The average Bonchev–Trinajstić information content (AvgIpc) is 2.23. The van der Waals surface area contributed by atoms with Gasteiger partial charge < -0.3 is 4.90 Å². The van der Waals surface area contributed by atoms with Crippen molar-refractivity contribution in [3.05, 3.63) is 22.8 Å². The van der Waals surface area contributed by atoms with Crippen LogP contribution in [-0.2, 0) is 0 Å². The van der Waals surface area contributed by atoms with Gasteiger partial charge in [0.25, 0.3) is 0 Å². The first-order valence-electron chi connectivity index (χ1n) is 5.17. The van der Waals surface area contributed by atoms with E-state index in [2.05, 4.69) is 54.7 Å². The fraction of sp³-hybridized carbons (Fsp3) is 0.545. The predicted molar refractivity (Wildman–Crippen MR) is 70.6 cm³/mol. The highest BCUT2D eigenvalue weighted by atomic mass is 79.9. The fourth-order valence-corrected chi connectivity index (χ4v) is 2.63. The molecule has 0 aromatic carbocycles. The second-order valence-corrected chi connectivity index (χ2v) is 6.15. The van der Waals surface area contributed by atoms with Crippen LogP contribution in [0.4, 0.5) is 5.82 Å². The molecule has 1 aromatic heterocycles. The molecule has 4 heteroatoms. The lowest BCUT2D eigenvalue weighted by Gasteiger charge is -2.34. The van der Waals surface area contributed by atoms with Gasteiger partial charge in [0.15, 0.2) is 0 Å². The Morgan fingerprint density at radius 2 is 2.27 bits per heavy atom. The summed E-state index contributed by atoms with van der Waals surface area (Å²) in [4.78, 5) is 7.34. The van der Waals surface area contributed by atoms with Crippen LogP contribution in [0.15, 0.2) is 22.8 Å². The number of hydrogen-bond acceptors (Lipinski definition) is 2. The van der Waals surface area contributed by atoms with E-state index < -0.39 is 0 Å². The van der Waals surface area contributed by atoms with Crippen molar-refractivity contribution in [3.63, 3.8) is 0 Å². The van der Waals surface area contributed by atoms with E-state index in [-0.39, 0.29) is 0 Å². The highest BCUT2D eigenvalue weighted by Crippen LogP contribution is 2.26. The molecule has 0 spiro atoms. The van der Waals surface area contributed by atoms with Gasteiger partial charge in [-0.15, -0.1) is 0 Å². The van der Waals surface area contributed by atoms with Crippen molar-refractivity contribution in [3.8, 4) is 0 Å². The number of alkyl halides is 1. The Hall–Kier alpha value is -0.0900. The summed E-state index contributed by atoms with van der Waals surface area (Å²) in [6.45, 7) is 4.46. The molecular formula is C11H14Br2N2. The standard InChI is InChI=1S/C11H14Br2N2/c1-8-4-5-15(7-10(8)13)11-3-2-9(12)6-14-11/h2-3,6,8,10H,4-5,7H2,1H3. The third kappa shape index (κ3) is 2.72. The van der Waals surface area contributed by atoms with Crippen LogP contribution < -0.4 is 4.90 Å². The van der Waals surface area contributed by atoms with Gasteiger partial charge in [0, 0.05) is 28.6 Å². The Labute approximate surface area is 107 Å². The number of halogens is 2. The second kappa shape index (κ2) is 4.83. The largest absolute Gasteiger partial charge is 0.355 e. The Morgan fingerprint density at radius 3 is 2.87 bits per heavy atom. The van der Waals surface area contributed by atoms with Crippen LogP contribution in [0.1, 0.15) is 13.3 Å². The predicted octanol–water partition coefficient (Wildman–Crippen LogP) is 3.45. The molecule has 0 saturated carbocycles. The van der Waals surface area contributed by atoms with Crippen molar-refractivity contribution in [2.24, 2.45) is 5.92 Å². The summed E-state index contributed by atoms with van der Waals surface area (Å²) in [5.41, 5.74) is 0. The van der Waals surface area contributed by atoms with Gasteiger partial charge >= 0.3 is 0 Å². The lowest BCUT2D eigenvalue weighted by atomic mass is 9.99. The van der Waals surface area contributed by atoms with Gasteiger partial charge in [-0.2, -0.15) is 0 Å². The summed E-state index contributed by atoms with van der Waals surface area (Å²) in [6.07, 6.45) is 3.09. The van der Waals surface area contributed by atoms with Crippen molar-refractivity contribution in [2.75, 3.05) is 18.0 Å². The smallest absolute Gasteiger partial charge is 0.128 e. The number of rotatable bonds is 1. The van der Waals surface area contributed by atoms with Crippen LogP contribution in [0.3, 0.4) is 0 Å². The lowest BCUT2D eigenvalue weighted by molar-refractivity contribution is 0.454. The maximum atomic E-state index is 4.42. The summed E-state index contributed by atoms with van der Waals surface area (Å²) < 4.78 is 1.03. The van der Waals surface area contributed by atoms with E-state index >= 15 is 0 Å². The van der Waals surface area contributed by atoms with E-state index in [4.69, 9.17) is 0 Å². The van der Waals surface area contributed by atoms with Crippen molar-refractivity contribution in [1.29, 1.82) is 0 Å². The topological polar surface area (TPSA) is 16.1 Å². The molecule has 1 aromatic rings. The lowest BCUT2D eigenvalue weighted by Crippen LogP contribution is -2.40. The first-order valence-corrected chi connectivity index (χ1v) is 6.88. The Bertz CT molecular complexity index is 326. The first-order chi connectivity index (χ1) is 7.16. The van der Waals surface area contributed by atoms with Crippen LogP contribution in [0.5, 0.6) is 0 Å². The van der Waals surface area contributed by atoms with E-state index in [1.165, 1.54) is 6.42 Å². The summed E-state index contributed by atoms with van der Waals surface area (Å²) in [7, 11) is 0. The summed E-state index contributed by atoms with van der Waals surface area (Å²) >= 11 is 7.13. The Morgan fingerprint density at radius 1 is 1.47 bits per heavy atom. The van der Waals surface area contributed by atoms with Gasteiger partial charge in [0.1, 0.15) is 5.82 Å². The van der Waals surface area contributed by atoms with Gasteiger partial charge in [-0.3, -0.25) is 0 Å². The number of piperidine rings is 1. The van der Waals surface area contributed by atoms with Crippen molar-refractivity contribution in [1.82, 2.24) is 4.98 Å². The van der Waals surface area contributed by atoms with Crippen molar-refractivity contribution in [2.45, 2.75) is 18.2 Å². The molecule has 0 aliphatic carbocycles. The van der Waals surface area contributed by atoms with E-state index in [0.717, 1.165) is 29.3 Å². The molecule has 2 nitrogen and oxygen atoms in total. The zero-order valence-electron chi connectivity index (χ0n) is 8.66. The molecule has 0 N–H and O–H groups in total. The average molecular weight is 334 g/mol. The van der Waals surface area contributed by atoms with Gasteiger partial charge in [-0.25, -0.2) is 4.98 Å². The number of pyridine rings is 1. The molecule has 0 amide bonds. The highest BCUT2D eigenvalue weighted by Gasteiger charge is 2.24. The molecule has 1 aliphatic rings. The van der Waals surface area contributed by atoms with Crippen LogP contribution >= 0.6 is 31.9 Å². The molecule has 0 bridgehead atoms. The molecular weight excluding hydrogens is 320 g/mol. The number of nitrogens with zero attached hydrogens (tertiary/aromatic N) is 2. The minimum absolute atomic E-state index is 0.580. The molecule has 2 rings (SSSR count). The zero-order chi connectivity index (χ0) is 10.8. The molecule has 0 radical (unpaired) electrons. The van der Waals surface area contributed by atoms with Gasteiger partial charge in [0.2, 0.25) is 0 Å². The fourth-order valence-electron chi connectivity index (χ4n) is 1.79. The summed E-state index contributed by atoms with van der Waals surface area (Å²) in [5.74, 6) is 1.84. The number of aromatic nitrogens is 1. The summed E-state index contributed by atoms with van der Waals surface area (Å²) in [6, 6.07) is 4.11. The van der Waals surface area contributed by atoms with Crippen molar-refractivity contribution < 1.29 is 0 Å². The van der Waals surface area contributed by atoms with E-state index in [9.17, 15) is 0 Å². The molecule has 2 atom stereocenters. The van der Waals surface area contributed by atoms with Crippen LogP contribution in [0, 0.1) is 5.92 Å². The third-order valence-electron chi connectivity index (χ3n) is 2.90. The number of anilines is 1. The van der Waals surface area contributed by atoms with Crippen molar-refractivity contribution >= 4 is 37.7 Å². The van der Waals surface area contributed by atoms with Crippen LogP contribution in [0.2, 0.25) is 0 Å². The maximum Gasteiger partial charge on any atom is 0.128 e. The molecule has 1 aliphatic heterocycles. The van der Waals surface area contributed by atoms with Crippen LogP contribution in [0.25, 0.3) is 0 Å². The SMILES string of the molecule is CC1CCN(c2ccc(Br)cn2)CC1Br. The minimum atomic E-state index is 0.580. The Balaban J connectivity index is 2.08. The minimum Gasteiger partial charge on any atom is -0.355 e. The maximum absolute atomic E-state index is 4.42. The number of hydrogen-bond donors (Lipinski definition) is 0. The van der Waals surface area contributed by atoms with E-state index in [0.29, 0.717) is 4.83 Å². The van der Waals surface area contributed by atoms with Gasteiger partial charge in [-0.05, 0) is 40.4 Å². The van der Waals surface area contributed by atoms with Gasteiger partial charge in [-0.1, -0.05) is 22.9 Å². The molecule has 2 unspecified atom stereocenters. The summed E-state index contributed by atoms with van der Waals surface area (Å²) in [5, 5.41) is 0. The molecule has 82 valence electrons. The Kier molecular flexibility index (Phi) is 3.67. The third-order valence-corrected chi connectivity index (χ3v) is 4.56. The highest BCUT2D eigenvalue weighted by molar-refractivity contribution is 9.10. The monoisotopic (exact) mass is 332 g/mol.